The molecule has 2 aromatic rings. The van der Waals surface area contributed by atoms with Crippen molar-refractivity contribution in [2.75, 3.05) is 6.54 Å². The van der Waals surface area contributed by atoms with Crippen molar-refractivity contribution in [2.45, 2.75) is 19.4 Å². The lowest BCUT2D eigenvalue weighted by atomic mass is 10.0. The van der Waals surface area contributed by atoms with E-state index in [9.17, 15) is 13.6 Å². The van der Waals surface area contributed by atoms with E-state index in [-0.39, 0.29) is 17.5 Å². The molecule has 20 heavy (non-hydrogen) atoms. The van der Waals surface area contributed by atoms with Crippen LogP contribution in [0.25, 0.3) is 0 Å². The normalized spacial score (nSPS) is 17.9. The van der Waals surface area contributed by atoms with E-state index in [0.29, 0.717) is 6.54 Å². The summed E-state index contributed by atoms with van der Waals surface area (Å²) in [6.45, 7) is 2.56. The number of amides is 1. The van der Waals surface area contributed by atoms with E-state index in [2.05, 4.69) is 0 Å². The van der Waals surface area contributed by atoms with Gasteiger partial charge in [-0.1, -0.05) is 0 Å². The molecule has 1 aliphatic heterocycles. The van der Waals surface area contributed by atoms with Gasteiger partial charge in [-0.15, -0.1) is 11.3 Å². The van der Waals surface area contributed by atoms with E-state index in [0.717, 1.165) is 24.1 Å². The zero-order valence-corrected chi connectivity index (χ0v) is 11.7. The van der Waals surface area contributed by atoms with Crippen molar-refractivity contribution < 1.29 is 13.6 Å². The molecule has 5 heteroatoms. The van der Waals surface area contributed by atoms with Gasteiger partial charge < -0.3 is 4.90 Å². The molecule has 1 aromatic heterocycles. The van der Waals surface area contributed by atoms with E-state index in [1.165, 1.54) is 10.9 Å². The average molecular weight is 293 g/mol. The van der Waals surface area contributed by atoms with Gasteiger partial charge >= 0.3 is 0 Å². The van der Waals surface area contributed by atoms with Gasteiger partial charge in [-0.25, -0.2) is 8.78 Å². The molecule has 2 heterocycles. The van der Waals surface area contributed by atoms with Gasteiger partial charge in [0.15, 0.2) is 11.6 Å². The number of thiophene rings is 1. The molecular weight excluding hydrogens is 280 g/mol. The third-order valence-corrected chi connectivity index (χ3v) is 4.70. The second-order valence-corrected chi connectivity index (χ2v) is 5.85. The second-order valence-electron chi connectivity index (χ2n) is 4.85. The highest BCUT2D eigenvalue weighted by atomic mass is 32.1. The Morgan fingerprint density at radius 1 is 1.30 bits per heavy atom. The van der Waals surface area contributed by atoms with Crippen LogP contribution in [0.3, 0.4) is 0 Å². The van der Waals surface area contributed by atoms with Gasteiger partial charge in [0.25, 0.3) is 5.91 Å². The Labute approximate surface area is 119 Å². The van der Waals surface area contributed by atoms with Crippen LogP contribution in [0.2, 0.25) is 0 Å². The van der Waals surface area contributed by atoms with E-state index in [1.54, 1.807) is 16.2 Å². The molecule has 2 nitrogen and oxygen atoms in total. The van der Waals surface area contributed by atoms with Crippen LogP contribution < -0.4 is 0 Å². The molecule has 1 atom stereocenters. The predicted molar refractivity (Wildman–Crippen MR) is 73.8 cm³/mol. The molecule has 1 aliphatic rings. The number of halogens is 2. The van der Waals surface area contributed by atoms with Gasteiger partial charge in [-0.3, -0.25) is 4.79 Å². The number of carbonyl (C=O) groups excluding carboxylic acids is 1. The molecule has 1 aromatic carbocycles. The highest BCUT2D eigenvalue weighted by Gasteiger charge is 2.29. The fourth-order valence-corrected chi connectivity index (χ4v) is 3.54. The molecule has 0 spiro atoms. The molecular formula is C15H13F2NOS. The molecule has 0 N–H and O–H groups in total. The standard InChI is InChI=1S/C15H13F2NOS/c1-9-11-5-7-20-14(11)4-6-18(9)15(19)10-2-3-12(16)13(17)8-10/h2-3,5,7-9H,4,6H2,1H3. The van der Waals surface area contributed by atoms with Crippen molar-refractivity contribution in [1.29, 1.82) is 0 Å². The maximum atomic E-state index is 13.2. The number of rotatable bonds is 1. The minimum absolute atomic E-state index is 0.0365. The predicted octanol–water partition coefficient (Wildman–Crippen LogP) is 3.79. The van der Waals surface area contributed by atoms with Crippen molar-refractivity contribution >= 4 is 17.2 Å². The Balaban J connectivity index is 1.90. The summed E-state index contributed by atoms with van der Waals surface area (Å²) in [6, 6.07) is 5.28. The summed E-state index contributed by atoms with van der Waals surface area (Å²) in [4.78, 5) is 15.5. The summed E-state index contributed by atoms with van der Waals surface area (Å²) in [5.74, 6) is -2.18. The Bertz CT molecular complexity index is 668. The minimum atomic E-state index is -0.989. The topological polar surface area (TPSA) is 20.3 Å². The summed E-state index contributed by atoms with van der Waals surface area (Å²) >= 11 is 1.70. The number of hydrogen-bond donors (Lipinski definition) is 0. The number of carbonyl (C=O) groups is 1. The Morgan fingerprint density at radius 2 is 2.10 bits per heavy atom. The van der Waals surface area contributed by atoms with Crippen molar-refractivity contribution in [3.63, 3.8) is 0 Å². The van der Waals surface area contributed by atoms with Crippen molar-refractivity contribution in [3.8, 4) is 0 Å². The summed E-state index contributed by atoms with van der Waals surface area (Å²) in [5.41, 5.74) is 1.34. The monoisotopic (exact) mass is 293 g/mol. The number of hydrogen-bond acceptors (Lipinski definition) is 2. The first-order valence-corrected chi connectivity index (χ1v) is 7.28. The summed E-state index contributed by atoms with van der Waals surface area (Å²) < 4.78 is 26.2. The average Bonchev–Trinajstić information content (AvgIpc) is 2.91. The van der Waals surface area contributed by atoms with Gasteiger partial charge in [-0.05, 0) is 48.6 Å². The van der Waals surface area contributed by atoms with Crippen LogP contribution in [0.5, 0.6) is 0 Å². The van der Waals surface area contributed by atoms with Crippen molar-refractivity contribution in [1.82, 2.24) is 4.90 Å². The molecule has 0 saturated heterocycles. The molecule has 0 radical (unpaired) electrons. The van der Waals surface area contributed by atoms with E-state index < -0.39 is 11.6 Å². The van der Waals surface area contributed by atoms with Crippen LogP contribution in [0.4, 0.5) is 8.78 Å². The lowest BCUT2D eigenvalue weighted by Gasteiger charge is -2.33. The van der Waals surface area contributed by atoms with Crippen LogP contribution in [-0.2, 0) is 6.42 Å². The first-order valence-electron chi connectivity index (χ1n) is 6.40. The van der Waals surface area contributed by atoms with Crippen LogP contribution in [0.1, 0.15) is 33.8 Å². The van der Waals surface area contributed by atoms with E-state index in [4.69, 9.17) is 0 Å². The molecule has 1 unspecified atom stereocenters. The zero-order valence-electron chi connectivity index (χ0n) is 10.9. The minimum Gasteiger partial charge on any atom is -0.331 e. The van der Waals surface area contributed by atoms with Crippen LogP contribution in [0.15, 0.2) is 29.6 Å². The van der Waals surface area contributed by atoms with Gasteiger partial charge in [0.1, 0.15) is 0 Å². The maximum absolute atomic E-state index is 13.2. The first-order chi connectivity index (χ1) is 9.58. The second kappa shape index (κ2) is 4.98. The maximum Gasteiger partial charge on any atom is 0.254 e. The smallest absolute Gasteiger partial charge is 0.254 e. The van der Waals surface area contributed by atoms with Gasteiger partial charge in [0.2, 0.25) is 0 Å². The Kier molecular flexibility index (Phi) is 3.30. The molecule has 0 fully saturated rings. The summed E-state index contributed by atoms with van der Waals surface area (Å²) in [5, 5.41) is 2.02. The molecule has 104 valence electrons. The summed E-state index contributed by atoms with van der Waals surface area (Å²) in [6.07, 6.45) is 0.812. The lowest BCUT2D eigenvalue weighted by molar-refractivity contribution is 0.0679. The SMILES string of the molecule is CC1c2ccsc2CCN1C(=O)c1ccc(F)c(F)c1. The lowest BCUT2D eigenvalue weighted by Crippen LogP contribution is -2.38. The molecule has 0 saturated carbocycles. The van der Waals surface area contributed by atoms with Gasteiger partial charge in [0.05, 0.1) is 6.04 Å². The van der Waals surface area contributed by atoms with Crippen LogP contribution in [0, 0.1) is 11.6 Å². The third kappa shape index (κ3) is 2.12. The summed E-state index contributed by atoms with van der Waals surface area (Å²) in [7, 11) is 0. The van der Waals surface area contributed by atoms with Gasteiger partial charge in [0, 0.05) is 17.0 Å². The van der Waals surface area contributed by atoms with E-state index >= 15 is 0 Å². The van der Waals surface area contributed by atoms with E-state index in [1.807, 2.05) is 18.4 Å². The fourth-order valence-electron chi connectivity index (χ4n) is 2.58. The molecule has 0 aliphatic carbocycles. The Hall–Kier alpha value is -1.75. The first kappa shape index (κ1) is 13.2. The number of nitrogens with zero attached hydrogens (tertiary/aromatic N) is 1. The zero-order chi connectivity index (χ0) is 14.3. The third-order valence-electron chi connectivity index (χ3n) is 3.70. The van der Waals surface area contributed by atoms with Crippen molar-refractivity contribution in [3.05, 3.63) is 57.3 Å². The van der Waals surface area contributed by atoms with Gasteiger partial charge in [-0.2, -0.15) is 0 Å². The fraction of sp³-hybridized carbons (Fsp3) is 0.267. The Morgan fingerprint density at radius 3 is 2.85 bits per heavy atom. The highest BCUT2D eigenvalue weighted by molar-refractivity contribution is 7.10. The van der Waals surface area contributed by atoms with Crippen molar-refractivity contribution in [2.24, 2.45) is 0 Å². The number of benzene rings is 1. The largest absolute Gasteiger partial charge is 0.331 e. The van der Waals surface area contributed by atoms with Crippen LogP contribution in [-0.4, -0.2) is 17.4 Å². The molecule has 3 rings (SSSR count). The highest BCUT2D eigenvalue weighted by Crippen LogP contribution is 2.33. The molecule has 0 bridgehead atoms. The number of fused-ring (bicyclic) bond motifs is 1. The van der Waals surface area contributed by atoms with Crippen LogP contribution >= 0.6 is 11.3 Å². The molecule has 1 amide bonds. The quantitative estimate of drug-likeness (QED) is 0.783.